The van der Waals surface area contributed by atoms with Gasteiger partial charge in [-0.1, -0.05) is 45.9 Å². The van der Waals surface area contributed by atoms with Gasteiger partial charge in [0.1, 0.15) is 5.60 Å². The lowest BCUT2D eigenvalue weighted by molar-refractivity contribution is -0.126. The molecule has 1 heterocycles. The van der Waals surface area contributed by atoms with Gasteiger partial charge in [0.15, 0.2) is 0 Å². The van der Waals surface area contributed by atoms with Crippen molar-refractivity contribution >= 4 is 23.6 Å². The predicted molar refractivity (Wildman–Crippen MR) is 159 cm³/mol. The third-order valence-corrected chi connectivity index (χ3v) is 7.20. The second-order valence-corrected chi connectivity index (χ2v) is 13.9. The SMILES string of the molecule is CCC(CC(O)C(CN1CC(=O)N(c2ccccc2C)CC1(C)C)NC(=O)OC(C)(C)C)C(=O)NCC(C)(C)C. The number of aliphatic hydroxyl groups excluding tert-OH is 1. The minimum Gasteiger partial charge on any atom is -0.444 e. The molecule has 1 aliphatic rings. The maximum Gasteiger partial charge on any atom is 0.408 e. The number of piperazine rings is 1. The molecule has 1 aromatic rings. The molecular weight excluding hydrogens is 508 g/mol. The highest BCUT2D eigenvalue weighted by Crippen LogP contribution is 2.29. The van der Waals surface area contributed by atoms with Crippen molar-refractivity contribution in [3.05, 3.63) is 29.8 Å². The lowest BCUT2D eigenvalue weighted by atomic mass is 9.91. The molecule has 2 rings (SSSR count). The highest BCUT2D eigenvalue weighted by molar-refractivity contribution is 5.96. The first kappa shape index (κ1) is 33.6. The molecule has 0 spiro atoms. The Morgan fingerprint density at radius 3 is 2.30 bits per heavy atom. The van der Waals surface area contributed by atoms with Crippen LogP contribution < -0.4 is 15.5 Å². The van der Waals surface area contributed by atoms with Gasteiger partial charge in [0.05, 0.1) is 18.7 Å². The molecule has 3 amide bonds. The van der Waals surface area contributed by atoms with E-state index in [1.807, 2.05) is 68.7 Å². The fourth-order valence-corrected chi connectivity index (χ4v) is 4.81. The van der Waals surface area contributed by atoms with E-state index in [4.69, 9.17) is 4.74 Å². The number of benzene rings is 1. The van der Waals surface area contributed by atoms with Crippen LogP contribution in [0.25, 0.3) is 0 Å². The Balaban J connectivity index is 2.24. The quantitative estimate of drug-likeness (QED) is 0.395. The van der Waals surface area contributed by atoms with Gasteiger partial charge in [0.2, 0.25) is 11.8 Å². The Hall–Kier alpha value is -2.65. The maximum atomic E-state index is 13.3. The first-order chi connectivity index (χ1) is 18.3. The number of alkyl carbamates (subject to hydrolysis) is 1. The molecule has 9 heteroatoms. The van der Waals surface area contributed by atoms with Gasteiger partial charge in [0, 0.05) is 36.8 Å². The Labute approximate surface area is 241 Å². The van der Waals surface area contributed by atoms with E-state index in [1.54, 1.807) is 20.8 Å². The average Bonchev–Trinajstić information content (AvgIpc) is 2.81. The maximum absolute atomic E-state index is 13.3. The highest BCUT2D eigenvalue weighted by Gasteiger charge is 2.41. The summed E-state index contributed by atoms with van der Waals surface area (Å²) in [6.45, 7) is 20.8. The molecule has 3 atom stereocenters. The number of anilines is 1. The molecule has 1 aliphatic heterocycles. The zero-order valence-electron chi connectivity index (χ0n) is 26.3. The van der Waals surface area contributed by atoms with Crippen molar-refractivity contribution < 1.29 is 24.2 Å². The molecule has 9 nitrogen and oxygen atoms in total. The number of hydrogen-bond acceptors (Lipinski definition) is 6. The summed E-state index contributed by atoms with van der Waals surface area (Å²) in [5.74, 6) is -0.588. The standard InChI is InChI=1S/C31H52N4O5/c1-11-22(27(38)32-19-29(3,4)5)16-25(36)23(33-28(39)40-30(6,7)8)17-34-18-26(37)35(20-31(34,9)10)24-15-13-12-14-21(24)2/h12-15,22-23,25,36H,11,16-20H2,1-10H3,(H,32,38)(H,33,39). The zero-order chi connectivity index (χ0) is 30.5. The molecule has 0 saturated carbocycles. The second kappa shape index (κ2) is 13.3. The minimum atomic E-state index is -1.03. The van der Waals surface area contributed by atoms with E-state index in [0.29, 0.717) is 19.5 Å². The van der Waals surface area contributed by atoms with E-state index >= 15 is 0 Å². The van der Waals surface area contributed by atoms with Crippen LogP contribution in [0.5, 0.6) is 0 Å². The molecule has 0 aromatic heterocycles. The first-order valence-corrected chi connectivity index (χ1v) is 14.4. The summed E-state index contributed by atoms with van der Waals surface area (Å²) in [6.07, 6.45) is -0.960. The molecular formula is C31H52N4O5. The fourth-order valence-electron chi connectivity index (χ4n) is 4.81. The van der Waals surface area contributed by atoms with Crippen LogP contribution >= 0.6 is 0 Å². The van der Waals surface area contributed by atoms with Gasteiger partial charge in [-0.05, 0) is 71.4 Å². The Morgan fingerprint density at radius 1 is 1.12 bits per heavy atom. The van der Waals surface area contributed by atoms with E-state index in [9.17, 15) is 19.5 Å². The van der Waals surface area contributed by atoms with Crippen molar-refractivity contribution in [3.8, 4) is 0 Å². The summed E-state index contributed by atoms with van der Waals surface area (Å²) in [5, 5.41) is 17.2. The van der Waals surface area contributed by atoms with Crippen molar-refractivity contribution in [1.82, 2.24) is 15.5 Å². The number of para-hydroxylation sites is 1. The van der Waals surface area contributed by atoms with E-state index < -0.39 is 35.3 Å². The van der Waals surface area contributed by atoms with Gasteiger partial charge in [0.25, 0.3) is 0 Å². The Bertz CT molecular complexity index is 1030. The van der Waals surface area contributed by atoms with E-state index in [1.165, 1.54) is 0 Å². The molecule has 40 heavy (non-hydrogen) atoms. The fraction of sp³-hybridized carbons (Fsp3) is 0.710. The van der Waals surface area contributed by atoms with Crippen LogP contribution in [0, 0.1) is 18.3 Å². The van der Waals surface area contributed by atoms with Crippen LogP contribution in [-0.2, 0) is 14.3 Å². The molecule has 226 valence electrons. The molecule has 0 bridgehead atoms. The second-order valence-electron chi connectivity index (χ2n) is 13.9. The van der Waals surface area contributed by atoms with Crippen molar-refractivity contribution in [3.63, 3.8) is 0 Å². The van der Waals surface area contributed by atoms with Gasteiger partial charge in [-0.25, -0.2) is 4.79 Å². The first-order valence-electron chi connectivity index (χ1n) is 14.4. The molecule has 1 fully saturated rings. The summed E-state index contributed by atoms with van der Waals surface area (Å²) in [4.78, 5) is 42.9. The number of rotatable bonds is 10. The smallest absolute Gasteiger partial charge is 0.408 e. The third-order valence-electron chi connectivity index (χ3n) is 7.20. The number of carbonyl (C=O) groups is 3. The summed E-state index contributed by atoms with van der Waals surface area (Å²) >= 11 is 0. The molecule has 1 aromatic carbocycles. The molecule has 0 radical (unpaired) electrons. The van der Waals surface area contributed by atoms with Crippen LogP contribution in [0.3, 0.4) is 0 Å². The third kappa shape index (κ3) is 10.1. The topological polar surface area (TPSA) is 111 Å². The molecule has 3 unspecified atom stereocenters. The number of hydrogen-bond donors (Lipinski definition) is 3. The van der Waals surface area contributed by atoms with Gasteiger partial charge in [-0.3, -0.25) is 14.5 Å². The molecule has 1 saturated heterocycles. The lowest BCUT2D eigenvalue weighted by Crippen LogP contribution is -2.65. The van der Waals surface area contributed by atoms with Crippen LogP contribution in [0.1, 0.15) is 80.7 Å². The van der Waals surface area contributed by atoms with E-state index in [-0.39, 0.29) is 36.7 Å². The van der Waals surface area contributed by atoms with Crippen molar-refractivity contribution in [2.75, 3.05) is 31.1 Å². The molecule has 0 aliphatic carbocycles. The van der Waals surface area contributed by atoms with Gasteiger partial charge >= 0.3 is 6.09 Å². The summed E-state index contributed by atoms with van der Waals surface area (Å²) in [5.41, 5.74) is 0.683. The number of amides is 3. The number of aliphatic hydroxyl groups is 1. The summed E-state index contributed by atoms with van der Waals surface area (Å²) < 4.78 is 5.49. The Kier molecular flexibility index (Phi) is 11.2. The van der Waals surface area contributed by atoms with Gasteiger partial charge < -0.3 is 25.4 Å². The number of carbonyl (C=O) groups excluding carboxylic acids is 3. The van der Waals surface area contributed by atoms with Gasteiger partial charge in [-0.2, -0.15) is 0 Å². The van der Waals surface area contributed by atoms with Crippen LogP contribution in [0.4, 0.5) is 10.5 Å². The van der Waals surface area contributed by atoms with Crippen LogP contribution in [0.2, 0.25) is 0 Å². The van der Waals surface area contributed by atoms with Crippen molar-refractivity contribution in [2.24, 2.45) is 11.3 Å². The predicted octanol–water partition coefficient (Wildman–Crippen LogP) is 4.26. The highest BCUT2D eigenvalue weighted by atomic mass is 16.6. The number of ether oxygens (including phenoxy) is 1. The summed E-state index contributed by atoms with van der Waals surface area (Å²) in [6, 6.07) is 7.06. The van der Waals surface area contributed by atoms with Crippen molar-refractivity contribution in [1.29, 1.82) is 0 Å². The summed E-state index contributed by atoms with van der Waals surface area (Å²) in [7, 11) is 0. The largest absolute Gasteiger partial charge is 0.444 e. The monoisotopic (exact) mass is 560 g/mol. The number of aryl methyl sites for hydroxylation is 1. The minimum absolute atomic E-state index is 0.0490. The molecule has 3 N–H and O–H groups in total. The van der Waals surface area contributed by atoms with Crippen LogP contribution in [-0.4, -0.2) is 77.4 Å². The van der Waals surface area contributed by atoms with E-state index in [0.717, 1.165) is 11.3 Å². The normalized spacial score (nSPS) is 18.6. The number of nitrogens with one attached hydrogen (secondary N) is 2. The Morgan fingerprint density at radius 2 is 1.75 bits per heavy atom. The van der Waals surface area contributed by atoms with Gasteiger partial charge in [-0.15, -0.1) is 0 Å². The van der Waals surface area contributed by atoms with Crippen LogP contribution in [0.15, 0.2) is 24.3 Å². The number of nitrogens with zero attached hydrogens (tertiary/aromatic N) is 2. The van der Waals surface area contributed by atoms with E-state index in [2.05, 4.69) is 24.5 Å². The average molecular weight is 561 g/mol. The van der Waals surface area contributed by atoms with Crippen molar-refractivity contribution in [2.45, 2.75) is 105 Å². The zero-order valence-corrected chi connectivity index (χ0v) is 26.3. The lowest BCUT2D eigenvalue weighted by Gasteiger charge is -2.48.